The van der Waals surface area contributed by atoms with Crippen molar-refractivity contribution >= 4 is 11.7 Å². The number of rotatable bonds is 2. The maximum atomic E-state index is 13.4. The average molecular weight is 365 g/mol. The van der Waals surface area contributed by atoms with Crippen molar-refractivity contribution in [3.63, 3.8) is 0 Å². The molecule has 1 amide bonds. The lowest BCUT2D eigenvalue weighted by Crippen LogP contribution is -2.35. The molecule has 0 radical (unpaired) electrons. The Morgan fingerprint density at radius 2 is 1.70 bits per heavy atom. The molecule has 6 nitrogen and oxygen atoms in total. The molecule has 3 heterocycles. The van der Waals surface area contributed by atoms with Gasteiger partial charge in [0, 0.05) is 36.3 Å². The molecule has 7 heteroatoms. The summed E-state index contributed by atoms with van der Waals surface area (Å²) in [4.78, 5) is 23.3. The van der Waals surface area contributed by atoms with Crippen LogP contribution in [0, 0.1) is 26.6 Å². The van der Waals surface area contributed by atoms with Gasteiger partial charge >= 0.3 is 0 Å². The van der Waals surface area contributed by atoms with Crippen LogP contribution < -0.4 is 4.90 Å². The monoisotopic (exact) mass is 365 g/mol. The van der Waals surface area contributed by atoms with Gasteiger partial charge in [-0.25, -0.2) is 14.4 Å². The number of carbonyl (C=O) groups is 1. The minimum atomic E-state index is -0.297. The molecule has 0 spiro atoms. The first-order valence-corrected chi connectivity index (χ1v) is 8.79. The van der Waals surface area contributed by atoms with Gasteiger partial charge in [-0.2, -0.15) is 9.78 Å². The minimum absolute atomic E-state index is 0.0256. The van der Waals surface area contributed by atoms with E-state index >= 15 is 0 Å². The number of hydrogen-bond donors (Lipinski definition) is 0. The number of carbonyl (C=O) groups excluding carboxylic acids is 1. The van der Waals surface area contributed by atoms with Crippen LogP contribution >= 0.6 is 0 Å². The third-order valence-corrected chi connectivity index (χ3v) is 4.93. The Hall–Kier alpha value is -3.09. The summed E-state index contributed by atoms with van der Waals surface area (Å²) in [5.41, 5.74) is 4.31. The molecule has 0 aliphatic carbocycles. The van der Waals surface area contributed by atoms with Crippen molar-refractivity contribution in [3.05, 3.63) is 64.4 Å². The van der Waals surface area contributed by atoms with E-state index in [-0.39, 0.29) is 17.6 Å². The van der Waals surface area contributed by atoms with Gasteiger partial charge in [0.15, 0.2) is 0 Å². The Morgan fingerprint density at radius 3 is 2.33 bits per heavy atom. The fourth-order valence-corrected chi connectivity index (χ4v) is 3.71. The Labute approximate surface area is 156 Å². The fraction of sp³-hybridized carbons (Fsp3) is 0.300. The summed E-state index contributed by atoms with van der Waals surface area (Å²) in [7, 11) is 1.74. The lowest BCUT2D eigenvalue weighted by Gasteiger charge is -2.30. The van der Waals surface area contributed by atoms with E-state index in [4.69, 9.17) is 0 Å². The third kappa shape index (κ3) is 2.89. The van der Waals surface area contributed by atoms with E-state index in [9.17, 15) is 9.18 Å². The molecule has 1 atom stereocenters. The minimum Gasteiger partial charge on any atom is -0.299 e. The molecule has 2 aromatic heterocycles. The Morgan fingerprint density at radius 1 is 1.07 bits per heavy atom. The summed E-state index contributed by atoms with van der Waals surface area (Å²) in [5, 5.41) is 4.65. The summed E-state index contributed by atoms with van der Waals surface area (Å²) in [6.45, 7) is 5.71. The van der Waals surface area contributed by atoms with Crippen molar-refractivity contribution in [1.29, 1.82) is 0 Å². The standard InChI is InChI=1S/C20H20FN5O/c1-11-9-12(2)23-20(22-11)26-19-18(13(3)24-26)16(10-17(27)25(19)4)14-5-7-15(21)8-6-14/h5-9,16H,10H2,1-4H3. The number of nitrogens with zero attached hydrogens (tertiary/aromatic N) is 5. The first-order chi connectivity index (χ1) is 12.8. The van der Waals surface area contributed by atoms with E-state index in [1.165, 1.54) is 12.1 Å². The van der Waals surface area contributed by atoms with Crippen LogP contribution in [0.2, 0.25) is 0 Å². The molecule has 0 saturated carbocycles. The van der Waals surface area contributed by atoms with Crippen molar-refractivity contribution in [3.8, 4) is 5.95 Å². The zero-order chi connectivity index (χ0) is 19.3. The van der Waals surface area contributed by atoms with Crippen LogP contribution in [0.25, 0.3) is 5.95 Å². The van der Waals surface area contributed by atoms with Crippen molar-refractivity contribution in [1.82, 2.24) is 19.7 Å². The Bertz CT molecular complexity index is 1020. The van der Waals surface area contributed by atoms with Crippen LogP contribution in [-0.2, 0) is 4.79 Å². The SMILES string of the molecule is Cc1cc(C)nc(-n2nc(C)c3c2N(C)C(=O)CC3c2ccc(F)cc2)n1. The maximum absolute atomic E-state index is 13.4. The number of aromatic nitrogens is 4. The quantitative estimate of drug-likeness (QED) is 0.699. The first-order valence-electron chi connectivity index (χ1n) is 8.79. The van der Waals surface area contributed by atoms with Gasteiger partial charge in [0.2, 0.25) is 5.91 Å². The predicted molar refractivity (Wildman–Crippen MR) is 99.6 cm³/mol. The summed E-state index contributed by atoms with van der Waals surface area (Å²) in [6.07, 6.45) is 0.315. The van der Waals surface area contributed by atoms with Crippen LogP contribution in [-0.4, -0.2) is 32.7 Å². The van der Waals surface area contributed by atoms with Crippen LogP contribution in [0.15, 0.2) is 30.3 Å². The van der Waals surface area contributed by atoms with Gasteiger partial charge < -0.3 is 0 Å². The molecule has 4 rings (SSSR count). The van der Waals surface area contributed by atoms with E-state index in [1.54, 1.807) is 28.8 Å². The lowest BCUT2D eigenvalue weighted by molar-refractivity contribution is -0.118. The molecule has 0 fully saturated rings. The topological polar surface area (TPSA) is 63.9 Å². The number of benzene rings is 1. The van der Waals surface area contributed by atoms with Gasteiger partial charge in [-0.05, 0) is 44.5 Å². The Kier molecular flexibility index (Phi) is 4.02. The number of amides is 1. The van der Waals surface area contributed by atoms with Crippen molar-refractivity contribution < 1.29 is 9.18 Å². The van der Waals surface area contributed by atoms with Crippen LogP contribution in [0.5, 0.6) is 0 Å². The normalized spacial score (nSPS) is 16.6. The molecule has 1 aliphatic rings. The summed E-state index contributed by atoms with van der Waals surface area (Å²) >= 11 is 0. The van der Waals surface area contributed by atoms with Crippen molar-refractivity contribution in [2.24, 2.45) is 0 Å². The maximum Gasteiger partial charge on any atom is 0.252 e. The van der Waals surface area contributed by atoms with Gasteiger partial charge in [0.1, 0.15) is 11.6 Å². The molecule has 0 bridgehead atoms. The first kappa shape index (κ1) is 17.3. The summed E-state index contributed by atoms with van der Waals surface area (Å²) in [5.74, 6) is 0.611. The van der Waals surface area contributed by atoms with Crippen molar-refractivity contribution in [2.45, 2.75) is 33.1 Å². The molecule has 27 heavy (non-hydrogen) atoms. The summed E-state index contributed by atoms with van der Waals surface area (Å²) < 4.78 is 15.0. The van der Waals surface area contributed by atoms with E-state index < -0.39 is 0 Å². The van der Waals surface area contributed by atoms with Crippen LogP contribution in [0.1, 0.15) is 40.5 Å². The van der Waals surface area contributed by atoms with Gasteiger partial charge in [-0.3, -0.25) is 9.69 Å². The molecule has 3 aromatic rings. The largest absolute Gasteiger partial charge is 0.299 e. The highest BCUT2D eigenvalue weighted by Crippen LogP contribution is 2.42. The van der Waals surface area contributed by atoms with Crippen LogP contribution in [0.3, 0.4) is 0 Å². The van der Waals surface area contributed by atoms with E-state index in [1.807, 2.05) is 26.8 Å². The molecule has 1 unspecified atom stereocenters. The highest BCUT2D eigenvalue weighted by Gasteiger charge is 2.36. The molecule has 0 saturated heterocycles. The number of fused-ring (bicyclic) bond motifs is 1. The molecule has 0 N–H and O–H groups in total. The molecule has 138 valence electrons. The number of anilines is 1. The van der Waals surface area contributed by atoms with E-state index in [2.05, 4.69) is 15.1 Å². The zero-order valence-electron chi connectivity index (χ0n) is 15.7. The van der Waals surface area contributed by atoms with Gasteiger partial charge in [0.05, 0.1) is 5.69 Å². The average Bonchev–Trinajstić information content (AvgIpc) is 2.96. The van der Waals surface area contributed by atoms with Gasteiger partial charge in [0.25, 0.3) is 5.95 Å². The van der Waals surface area contributed by atoms with E-state index in [0.29, 0.717) is 18.2 Å². The fourth-order valence-electron chi connectivity index (χ4n) is 3.71. The Balaban J connectivity index is 1.93. The second-order valence-corrected chi connectivity index (χ2v) is 6.95. The van der Waals surface area contributed by atoms with E-state index in [0.717, 1.165) is 28.2 Å². The second-order valence-electron chi connectivity index (χ2n) is 6.95. The second kappa shape index (κ2) is 6.26. The zero-order valence-corrected chi connectivity index (χ0v) is 15.7. The number of halogens is 1. The van der Waals surface area contributed by atoms with Crippen molar-refractivity contribution in [2.75, 3.05) is 11.9 Å². The highest BCUT2D eigenvalue weighted by atomic mass is 19.1. The predicted octanol–water partition coefficient (Wildman–Crippen LogP) is 3.23. The third-order valence-electron chi connectivity index (χ3n) is 4.93. The summed E-state index contributed by atoms with van der Waals surface area (Å²) in [6, 6.07) is 8.19. The molecular formula is C20H20FN5O. The lowest BCUT2D eigenvalue weighted by atomic mass is 9.85. The highest BCUT2D eigenvalue weighted by molar-refractivity contribution is 5.96. The molecule has 1 aliphatic heterocycles. The molecule has 1 aromatic carbocycles. The molecular weight excluding hydrogens is 345 g/mol. The van der Waals surface area contributed by atoms with Crippen LogP contribution in [0.4, 0.5) is 10.2 Å². The smallest absolute Gasteiger partial charge is 0.252 e. The number of hydrogen-bond acceptors (Lipinski definition) is 4. The van der Waals surface area contributed by atoms with Gasteiger partial charge in [-0.15, -0.1) is 0 Å². The van der Waals surface area contributed by atoms with Gasteiger partial charge in [-0.1, -0.05) is 12.1 Å². The number of aryl methyl sites for hydroxylation is 3.